The molecule has 0 bridgehead atoms. The first-order valence-electron chi connectivity index (χ1n) is 14.5. The number of hydrogen-bond donors (Lipinski definition) is 1. The van der Waals surface area contributed by atoms with Gasteiger partial charge in [-0.1, -0.05) is 63.1 Å². The topological polar surface area (TPSA) is 93.2 Å². The summed E-state index contributed by atoms with van der Waals surface area (Å²) in [6.07, 6.45) is 15.5. The zero-order valence-corrected chi connectivity index (χ0v) is 22.2. The minimum Gasteiger partial charge on any atom is -0.387 e. The molecule has 2 aromatic heterocycles. The van der Waals surface area contributed by atoms with Crippen molar-refractivity contribution in [3.05, 3.63) is 53.2 Å². The van der Waals surface area contributed by atoms with Crippen molar-refractivity contribution in [2.45, 2.75) is 89.2 Å². The Morgan fingerprint density at radius 1 is 1.03 bits per heavy atom. The lowest BCUT2D eigenvalue weighted by atomic mass is 9.65. The highest BCUT2D eigenvalue weighted by Crippen LogP contribution is 2.51. The maximum atomic E-state index is 13.5. The van der Waals surface area contributed by atoms with Crippen LogP contribution in [0.3, 0.4) is 0 Å². The van der Waals surface area contributed by atoms with E-state index in [1.807, 2.05) is 35.2 Å². The van der Waals surface area contributed by atoms with Crippen molar-refractivity contribution in [3.8, 4) is 5.69 Å². The monoisotopic (exact) mass is 517 g/mol. The summed E-state index contributed by atoms with van der Waals surface area (Å²) in [6, 6.07) is 9.64. The number of piperidine rings is 1. The third-order valence-electron chi connectivity index (χ3n) is 9.67. The van der Waals surface area contributed by atoms with E-state index >= 15 is 0 Å². The highest BCUT2D eigenvalue weighted by molar-refractivity contribution is 5.76. The molecule has 1 atom stereocenters. The fraction of sp³-hybridized carbons (Fsp3) is 0.600. The van der Waals surface area contributed by atoms with E-state index in [0.717, 1.165) is 37.8 Å². The summed E-state index contributed by atoms with van der Waals surface area (Å²) < 4.78 is 3.23. The summed E-state index contributed by atoms with van der Waals surface area (Å²) in [5.74, 6) is 0.924. The van der Waals surface area contributed by atoms with Crippen LogP contribution in [0.5, 0.6) is 0 Å². The Balaban J connectivity index is 1.21. The predicted molar refractivity (Wildman–Crippen MR) is 146 cm³/mol. The number of likely N-dealkylation sites (tertiary alicyclic amines) is 1. The second-order valence-electron chi connectivity index (χ2n) is 11.9. The molecule has 202 valence electrons. The van der Waals surface area contributed by atoms with Crippen molar-refractivity contribution in [2.75, 3.05) is 13.1 Å². The number of benzene rings is 1. The smallest absolute Gasteiger partial charge is 0.264 e. The molecular weight excluding hydrogens is 478 g/mol. The van der Waals surface area contributed by atoms with Crippen molar-refractivity contribution in [1.29, 1.82) is 0 Å². The average Bonchev–Trinajstić information content (AvgIpc) is 3.60. The van der Waals surface area contributed by atoms with E-state index < -0.39 is 5.60 Å². The summed E-state index contributed by atoms with van der Waals surface area (Å²) >= 11 is 0. The van der Waals surface area contributed by atoms with Crippen LogP contribution in [-0.4, -0.2) is 53.9 Å². The maximum Gasteiger partial charge on any atom is 0.264 e. The number of carbonyl (C=O) groups excluding carboxylic acids is 1. The summed E-state index contributed by atoms with van der Waals surface area (Å²) in [5, 5.41) is 17.0. The summed E-state index contributed by atoms with van der Waals surface area (Å²) in [5.41, 5.74) is -0.272. The van der Waals surface area contributed by atoms with Crippen molar-refractivity contribution in [1.82, 2.24) is 24.2 Å². The quantitative estimate of drug-likeness (QED) is 0.521. The fourth-order valence-electron chi connectivity index (χ4n) is 7.37. The molecule has 1 saturated heterocycles. The fourth-order valence-corrected chi connectivity index (χ4v) is 7.37. The number of fused-ring (bicyclic) bond motifs is 1. The van der Waals surface area contributed by atoms with Gasteiger partial charge in [-0.15, -0.1) is 0 Å². The Bertz CT molecular complexity index is 1340. The molecule has 1 unspecified atom stereocenters. The van der Waals surface area contributed by atoms with Gasteiger partial charge in [-0.3, -0.25) is 14.2 Å². The Morgan fingerprint density at radius 3 is 2.55 bits per heavy atom. The standard InChI is InChI=1S/C30H39N5O3/c36-26(14-13-23-9-3-1-4-10-23)33-18-17-30(38,29(20-33)15-7-8-16-29)21-34-22-31-27-25(28(34)37)19-32-35(27)24-11-5-2-6-12-24/h2,5-6,11-12,19,22-23,38H,1,3-4,7-10,13-18,20-21H2. The summed E-state index contributed by atoms with van der Waals surface area (Å²) in [6.45, 7) is 1.32. The number of hydrogen-bond acceptors (Lipinski definition) is 5. The molecule has 8 nitrogen and oxygen atoms in total. The van der Waals surface area contributed by atoms with Crippen LogP contribution in [0.15, 0.2) is 47.7 Å². The normalized spacial score (nSPS) is 23.9. The molecule has 3 heterocycles. The second kappa shape index (κ2) is 10.3. The number of aromatic nitrogens is 4. The number of rotatable bonds is 6. The van der Waals surface area contributed by atoms with E-state index in [1.54, 1.807) is 21.8 Å². The molecule has 1 aromatic carbocycles. The minimum absolute atomic E-state index is 0.190. The maximum absolute atomic E-state index is 13.5. The zero-order valence-electron chi connectivity index (χ0n) is 22.2. The van der Waals surface area contributed by atoms with Gasteiger partial charge < -0.3 is 10.0 Å². The molecule has 1 aliphatic heterocycles. The first-order chi connectivity index (χ1) is 18.5. The highest BCUT2D eigenvalue weighted by atomic mass is 16.3. The van der Waals surface area contributed by atoms with Crippen LogP contribution < -0.4 is 5.56 Å². The van der Waals surface area contributed by atoms with Crippen molar-refractivity contribution in [2.24, 2.45) is 11.3 Å². The van der Waals surface area contributed by atoms with E-state index in [4.69, 9.17) is 0 Å². The number of para-hydroxylation sites is 1. The molecule has 8 heteroatoms. The van der Waals surface area contributed by atoms with E-state index in [0.29, 0.717) is 42.9 Å². The Morgan fingerprint density at radius 2 is 1.79 bits per heavy atom. The lowest BCUT2D eigenvalue weighted by molar-refractivity contribution is -0.160. The van der Waals surface area contributed by atoms with Gasteiger partial charge in [0.25, 0.3) is 5.56 Å². The van der Waals surface area contributed by atoms with Crippen LogP contribution in [0.4, 0.5) is 0 Å². The van der Waals surface area contributed by atoms with Gasteiger partial charge in [0.2, 0.25) is 5.91 Å². The Hall–Kier alpha value is -3.00. The third kappa shape index (κ3) is 4.57. The number of nitrogens with zero attached hydrogens (tertiary/aromatic N) is 5. The second-order valence-corrected chi connectivity index (χ2v) is 11.9. The lowest BCUT2D eigenvalue weighted by Crippen LogP contribution is -2.62. The van der Waals surface area contributed by atoms with E-state index in [2.05, 4.69) is 10.1 Å². The van der Waals surface area contributed by atoms with Gasteiger partial charge in [-0.05, 0) is 43.7 Å². The first kappa shape index (κ1) is 25.3. The molecule has 2 aliphatic carbocycles. The SMILES string of the molecule is O=C(CCC1CCCCC1)N1CCC(O)(Cn2cnc3c(cnn3-c3ccccc3)c2=O)C2(CCCC2)C1. The average molecular weight is 518 g/mol. The lowest BCUT2D eigenvalue weighted by Gasteiger charge is -2.52. The molecule has 3 aromatic rings. The minimum atomic E-state index is -1.06. The predicted octanol–water partition coefficient (Wildman–Crippen LogP) is 4.47. The van der Waals surface area contributed by atoms with Crippen molar-refractivity contribution in [3.63, 3.8) is 0 Å². The van der Waals surface area contributed by atoms with Crippen LogP contribution in [0, 0.1) is 11.3 Å². The molecule has 1 amide bonds. The number of aliphatic hydroxyl groups is 1. The molecular formula is C30H39N5O3. The van der Waals surface area contributed by atoms with Gasteiger partial charge in [0.1, 0.15) is 11.7 Å². The molecule has 3 fully saturated rings. The van der Waals surface area contributed by atoms with Crippen LogP contribution in [-0.2, 0) is 11.3 Å². The Kier molecular flexibility index (Phi) is 6.84. The highest BCUT2D eigenvalue weighted by Gasteiger charge is 2.55. The first-order valence-corrected chi connectivity index (χ1v) is 14.5. The number of carbonyl (C=O) groups is 1. The largest absolute Gasteiger partial charge is 0.387 e. The van der Waals surface area contributed by atoms with Gasteiger partial charge in [0, 0.05) is 24.9 Å². The summed E-state index contributed by atoms with van der Waals surface area (Å²) in [4.78, 5) is 33.3. The van der Waals surface area contributed by atoms with Gasteiger partial charge in [0.05, 0.1) is 24.0 Å². The van der Waals surface area contributed by atoms with Crippen LogP contribution in [0.1, 0.15) is 77.0 Å². The van der Waals surface area contributed by atoms with Crippen LogP contribution >= 0.6 is 0 Å². The third-order valence-corrected chi connectivity index (χ3v) is 9.67. The molecule has 0 radical (unpaired) electrons. The molecule has 6 rings (SSSR count). The van der Waals surface area contributed by atoms with Gasteiger partial charge >= 0.3 is 0 Å². The molecule has 1 N–H and O–H groups in total. The van der Waals surface area contributed by atoms with E-state index in [1.165, 1.54) is 32.1 Å². The number of amides is 1. The Labute approximate surface area is 223 Å². The molecule has 1 spiro atoms. The zero-order chi connectivity index (χ0) is 26.2. The van der Waals surface area contributed by atoms with Crippen molar-refractivity contribution >= 4 is 16.9 Å². The van der Waals surface area contributed by atoms with Gasteiger partial charge in [0.15, 0.2) is 5.65 Å². The molecule has 38 heavy (non-hydrogen) atoms. The van der Waals surface area contributed by atoms with E-state index in [9.17, 15) is 14.7 Å². The van der Waals surface area contributed by atoms with E-state index in [-0.39, 0.29) is 23.4 Å². The van der Waals surface area contributed by atoms with Crippen LogP contribution in [0.2, 0.25) is 0 Å². The summed E-state index contributed by atoms with van der Waals surface area (Å²) in [7, 11) is 0. The van der Waals surface area contributed by atoms with Gasteiger partial charge in [-0.25, -0.2) is 9.67 Å². The van der Waals surface area contributed by atoms with Gasteiger partial charge in [-0.2, -0.15) is 5.10 Å². The molecule has 3 aliphatic rings. The van der Waals surface area contributed by atoms with Crippen molar-refractivity contribution < 1.29 is 9.90 Å². The van der Waals surface area contributed by atoms with Crippen LogP contribution in [0.25, 0.3) is 16.7 Å². The molecule has 2 saturated carbocycles.